The second-order valence-electron chi connectivity index (χ2n) is 10.1. The number of carbonyl (C=O) groups excluding carboxylic acids is 2. The number of nitrogens with zero attached hydrogens (tertiary/aromatic N) is 2. The summed E-state index contributed by atoms with van der Waals surface area (Å²) < 4.78 is 13.9. The molecule has 0 saturated carbocycles. The lowest BCUT2D eigenvalue weighted by Crippen LogP contribution is -2.48. The van der Waals surface area contributed by atoms with Crippen molar-refractivity contribution in [3.8, 4) is 0 Å². The van der Waals surface area contributed by atoms with E-state index in [1.54, 1.807) is 11.0 Å². The van der Waals surface area contributed by atoms with Crippen molar-refractivity contribution >= 4 is 17.9 Å². The van der Waals surface area contributed by atoms with Crippen molar-refractivity contribution in [2.75, 3.05) is 26.2 Å². The average molecular weight is 493 g/mol. The number of alkyl halides is 1. The Morgan fingerprint density at radius 3 is 2.42 bits per heavy atom. The number of piperidine rings is 1. The van der Waals surface area contributed by atoms with Crippen LogP contribution in [-0.4, -0.2) is 65.2 Å². The largest absolute Gasteiger partial charge is 0.388 e. The van der Waals surface area contributed by atoms with Gasteiger partial charge in [0.05, 0.1) is 6.54 Å². The molecule has 5 nitrogen and oxygen atoms in total. The lowest BCUT2D eigenvalue weighted by Gasteiger charge is -2.39. The summed E-state index contributed by atoms with van der Waals surface area (Å²) in [6.45, 7) is 3.05. The molecule has 1 N–H and O–H groups in total. The molecule has 192 valence electrons. The van der Waals surface area contributed by atoms with Gasteiger partial charge in [-0.05, 0) is 42.0 Å². The Morgan fingerprint density at radius 1 is 1.00 bits per heavy atom. The Labute approximate surface area is 213 Å². The molecule has 36 heavy (non-hydrogen) atoms. The standard InChI is InChI=1S/C30H37FN2O3/c1-2-3-5-8-22-11-13-23(14-12-22)15-16-29(35)32-18-17-25(26(19-32)24-9-6-4-7-10-24)30(36)33-20-27(31)28(34)21-33/h4,6-7,9-16,25-28,34H,2-3,5,8,17-21H2,1H3/b16-15+/t25-,26-,27-,28+/m0/s1. The van der Waals surface area contributed by atoms with E-state index in [9.17, 15) is 19.1 Å². The number of hydrogen-bond acceptors (Lipinski definition) is 3. The first-order valence-corrected chi connectivity index (χ1v) is 13.2. The zero-order valence-corrected chi connectivity index (χ0v) is 21.1. The minimum Gasteiger partial charge on any atom is -0.388 e. The van der Waals surface area contributed by atoms with Crippen LogP contribution in [0.5, 0.6) is 0 Å². The first kappa shape index (κ1) is 26.1. The molecule has 2 fully saturated rings. The molecule has 6 heteroatoms. The van der Waals surface area contributed by atoms with Crippen molar-refractivity contribution in [1.29, 1.82) is 0 Å². The normalized spacial score (nSPS) is 24.4. The Balaban J connectivity index is 1.42. The summed E-state index contributed by atoms with van der Waals surface area (Å²) in [5.41, 5.74) is 3.29. The van der Waals surface area contributed by atoms with Crippen LogP contribution in [0.15, 0.2) is 60.7 Å². The fraction of sp³-hybridized carbons (Fsp3) is 0.467. The highest BCUT2D eigenvalue weighted by molar-refractivity contribution is 5.92. The molecule has 2 aliphatic rings. The van der Waals surface area contributed by atoms with E-state index in [2.05, 4.69) is 19.1 Å². The zero-order chi connectivity index (χ0) is 25.5. The number of aliphatic hydroxyl groups excluding tert-OH is 1. The Hall–Kier alpha value is -2.99. The fourth-order valence-corrected chi connectivity index (χ4v) is 5.29. The van der Waals surface area contributed by atoms with E-state index in [4.69, 9.17) is 0 Å². The topological polar surface area (TPSA) is 60.9 Å². The van der Waals surface area contributed by atoms with Crippen LogP contribution in [0.25, 0.3) is 6.08 Å². The van der Waals surface area contributed by atoms with Gasteiger partial charge in [0.25, 0.3) is 0 Å². The molecule has 0 aromatic heterocycles. The van der Waals surface area contributed by atoms with E-state index in [0.717, 1.165) is 17.5 Å². The van der Waals surface area contributed by atoms with E-state index in [1.807, 2.05) is 48.5 Å². The molecule has 2 aliphatic heterocycles. The molecule has 2 heterocycles. The summed E-state index contributed by atoms with van der Waals surface area (Å²) in [6, 6.07) is 18.1. The maximum Gasteiger partial charge on any atom is 0.246 e. The highest BCUT2D eigenvalue weighted by Gasteiger charge is 2.42. The SMILES string of the molecule is CCCCCc1ccc(/C=C/C(=O)N2CC[C@H](C(=O)N3C[C@@H](O)[C@@H](F)C3)[C@H](c3ccccc3)C2)cc1. The van der Waals surface area contributed by atoms with Crippen molar-refractivity contribution in [3.63, 3.8) is 0 Å². The fourth-order valence-electron chi connectivity index (χ4n) is 5.29. The first-order chi connectivity index (χ1) is 17.5. The van der Waals surface area contributed by atoms with Crippen LogP contribution in [0.3, 0.4) is 0 Å². The second-order valence-corrected chi connectivity index (χ2v) is 10.1. The third kappa shape index (κ3) is 6.41. The highest BCUT2D eigenvalue weighted by atomic mass is 19.1. The number of likely N-dealkylation sites (tertiary alicyclic amines) is 2. The molecule has 0 spiro atoms. The molecule has 0 radical (unpaired) electrons. The summed E-state index contributed by atoms with van der Waals surface area (Å²) in [5.74, 6) is -0.736. The number of aliphatic hydroxyl groups is 1. The monoisotopic (exact) mass is 492 g/mol. The highest BCUT2D eigenvalue weighted by Crippen LogP contribution is 2.35. The number of hydrogen-bond donors (Lipinski definition) is 1. The lowest BCUT2D eigenvalue weighted by molar-refractivity contribution is -0.139. The Morgan fingerprint density at radius 2 is 1.75 bits per heavy atom. The van der Waals surface area contributed by atoms with Crippen molar-refractivity contribution in [1.82, 2.24) is 9.80 Å². The van der Waals surface area contributed by atoms with Crippen LogP contribution in [0.1, 0.15) is 55.2 Å². The van der Waals surface area contributed by atoms with Crippen LogP contribution in [0.2, 0.25) is 0 Å². The molecule has 2 amide bonds. The van der Waals surface area contributed by atoms with Gasteiger partial charge in [-0.25, -0.2) is 4.39 Å². The summed E-state index contributed by atoms with van der Waals surface area (Å²) >= 11 is 0. The maximum atomic E-state index is 13.9. The predicted octanol–water partition coefficient (Wildman–Crippen LogP) is 4.61. The van der Waals surface area contributed by atoms with Gasteiger partial charge in [0.2, 0.25) is 11.8 Å². The molecule has 0 aliphatic carbocycles. The minimum atomic E-state index is -1.40. The number of halogens is 1. The van der Waals surface area contributed by atoms with Crippen LogP contribution in [-0.2, 0) is 16.0 Å². The zero-order valence-electron chi connectivity index (χ0n) is 21.1. The van der Waals surface area contributed by atoms with Crippen molar-refractivity contribution < 1.29 is 19.1 Å². The third-order valence-corrected chi connectivity index (χ3v) is 7.47. The van der Waals surface area contributed by atoms with E-state index in [-0.39, 0.29) is 36.7 Å². The molecule has 4 atom stereocenters. The second kappa shape index (κ2) is 12.3. The quantitative estimate of drug-likeness (QED) is 0.433. The van der Waals surface area contributed by atoms with Gasteiger partial charge in [0, 0.05) is 37.5 Å². The Kier molecular flexibility index (Phi) is 8.92. The van der Waals surface area contributed by atoms with Crippen molar-refractivity contribution in [2.24, 2.45) is 5.92 Å². The smallest absolute Gasteiger partial charge is 0.246 e. The summed E-state index contributed by atoms with van der Waals surface area (Å²) in [4.78, 5) is 29.6. The lowest BCUT2D eigenvalue weighted by atomic mass is 9.79. The molecule has 0 bridgehead atoms. The van der Waals surface area contributed by atoms with Gasteiger partial charge in [-0.15, -0.1) is 0 Å². The number of benzene rings is 2. The van der Waals surface area contributed by atoms with E-state index in [0.29, 0.717) is 19.5 Å². The summed E-state index contributed by atoms with van der Waals surface area (Å²) in [6.07, 6.45) is 6.15. The molecule has 4 rings (SSSR count). The third-order valence-electron chi connectivity index (χ3n) is 7.47. The molecule has 0 unspecified atom stereocenters. The minimum absolute atomic E-state index is 0.0286. The van der Waals surface area contributed by atoms with Gasteiger partial charge < -0.3 is 14.9 Å². The number of rotatable bonds is 8. The van der Waals surface area contributed by atoms with E-state index in [1.165, 1.54) is 29.7 Å². The van der Waals surface area contributed by atoms with Gasteiger partial charge in [0.1, 0.15) is 12.3 Å². The molecular formula is C30H37FN2O3. The number of carbonyl (C=O) groups is 2. The van der Waals surface area contributed by atoms with Gasteiger partial charge >= 0.3 is 0 Å². The predicted molar refractivity (Wildman–Crippen MR) is 140 cm³/mol. The number of unbranched alkanes of at least 4 members (excludes halogenated alkanes) is 2. The van der Waals surface area contributed by atoms with E-state index < -0.39 is 12.3 Å². The molecular weight excluding hydrogens is 455 g/mol. The Bertz CT molecular complexity index is 1030. The summed E-state index contributed by atoms with van der Waals surface area (Å²) in [7, 11) is 0. The van der Waals surface area contributed by atoms with Gasteiger partial charge in [-0.2, -0.15) is 0 Å². The van der Waals surface area contributed by atoms with Crippen molar-refractivity contribution in [2.45, 2.75) is 57.2 Å². The van der Waals surface area contributed by atoms with Gasteiger partial charge in [0.15, 0.2) is 0 Å². The number of β-amino-alcohol motifs (C(OH)–C–C–N with tert-alkyl or cyclic N) is 1. The van der Waals surface area contributed by atoms with Crippen LogP contribution < -0.4 is 0 Å². The van der Waals surface area contributed by atoms with Crippen LogP contribution >= 0.6 is 0 Å². The number of amides is 2. The molecule has 2 saturated heterocycles. The number of aryl methyl sites for hydroxylation is 1. The van der Waals surface area contributed by atoms with Gasteiger partial charge in [-0.3, -0.25) is 9.59 Å². The van der Waals surface area contributed by atoms with Crippen LogP contribution in [0, 0.1) is 5.92 Å². The maximum absolute atomic E-state index is 13.9. The van der Waals surface area contributed by atoms with Gasteiger partial charge in [-0.1, -0.05) is 74.4 Å². The average Bonchev–Trinajstić information content (AvgIpc) is 3.25. The van der Waals surface area contributed by atoms with Crippen molar-refractivity contribution in [3.05, 3.63) is 77.4 Å². The summed E-state index contributed by atoms with van der Waals surface area (Å²) in [5, 5.41) is 9.80. The van der Waals surface area contributed by atoms with Crippen LogP contribution in [0.4, 0.5) is 4.39 Å². The first-order valence-electron chi connectivity index (χ1n) is 13.2. The van der Waals surface area contributed by atoms with E-state index >= 15 is 0 Å². The molecule has 2 aromatic rings. The molecule has 2 aromatic carbocycles.